The normalized spacial score (nSPS) is 48.4. The summed E-state index contributed by atoms with van der Waals surface area (Å²) in [7, 11) is 0. The lowest BCUT2D eigenvalue weighted by Gasteiger charge is -2.09. The van der Waals surface area contributed by atoms with Crippen LogP contribution in [0, 0.1) is 23.7 Å². The Labute approximate surface area is 95.2 Å². The summed E-state index contributed by atoms with van der Waals surface area (Å²) in [5, 5.41) is 8.59. The number of rotatable bonds is 2. The number of fused-ring (bicyclic) bond motifs is 5. The first-order chi connectivity index (χ1) is 7.93. The van der Waals surface area contributed by atoms with Gasteiger partial charge in [0.15, 0.2) is 0 Å². The largest absolute Gasteiger partial charge is 0.314 e. The van der Waals surface area contributed by atoms with Crippen LogP contribution >= 0.6 is 0 Å². The topological polar surface area (TPSA) is 30.7 Å². The fraction of sp³-hybridized carbons (Fsp3) is 0.846. The third-order valence-electron chi connectivity index (χ3n) is 5.57. The van der Waals surface area contributed by atoms with Crippen LogP contribution in [0.25, 0.3) is 0 Å². The van der Waals surface area contributed by atoms with E-state index in [4.69, 9.17) is 0 Å². The highest BCUT2D eigenvalue weighted by Gasteiger charge is 2.66. The van der Waals surface area contributed by atoms with Crippen molar-refractivity contribution in [1.82, 2.24) is 14.8 Å². The second-order valence-corrected chi connectivity index (χ2v) is 6.34. The molecular weight excluding hydrogens is 198 g/mol. The molecule has 4 unspecified atom stereocenters. The van der Waals surface area contributed by atoms with E-state index in [1.807, 2.05) is 6.33 Å². The van der Waals surface area contributed by atoms with Gasteiger partial charge < -0.3 is 4.57 Å². The van der Waals surface area contributed by atoms with E-state index in [1.54, 1.807) is 0 Å². The molecule has 2 bridgehead atoms. The van der Waals surface area contributed by atoms with Gasteiger partial charge in [0.2, 0.25) is 0 Å². The van der Waals surface area contributed by atoms with Crippen LogP contribution in [0.2, 0.25) is 0 Å². The smallest absolute Gasteiger partial charge is 0.136 e. The van der Waals surface area contributed by atoms with Gasteiger partial charge in [-0.3, -0.25) is 0 Å². The molecule has 4 fully saturated rings. The average molecular weight is 215 g/mol. The Kier molecular flexibility index (Phi) is 1.30. The van der Waals surface area contributed by atoms with Gasteiger partial charge >= 0.3 is 0 Å². The van der Waals surface area contributed by atoms with Gasteiger partial charge in [-0.2, -0.15) is 0 Å². The lowest BCUT2D eigenvalue weighted by Crippen LogP contribution is -2.05. The Morgan fingerprint density at radius 2 is 1.81 bits per heavy atom. The zero-order valence-electron chi connectivity index (χ0n) is 9.42. The first kappa shape index (κ1) is 8.26. The molecule has 4 aliphatic rings. The molecule has 0 amide bonds. The van der Waals surface area contributed by atoms with Gasteiger partial charge in [0.25, 0.3) is 0 Å². The molecule has 16 heavy (non-hydrogen) atoms. The van der Waals surface area contributed by atoms with Crippen LogP contribution in [-0.4, -0.2) is 14.8 Å². The van der Waals surface area contributed by atoms with E-state index in [0.29, 0.717) is 0 Å². The zero-order valence-corrected chi connectivity index (χ0v) is 9.42. The minimum absolute atomic E-state index is 0.754. The monoisotopic (exact) mass is 215 g/mol. The van der Waals surface area contributed by atoms with Gasteiger partial charge in [-0.15, -0.1) is 10.2 Å². The summed E-state index contributed by atoms with van der Waals surface area (Å²) in [5.74, 6) is 6.23. The number of aromatic nitrogens is 3. The molecule has 84 valence electrons. The fourth-order valence-electron chi connectivity index (χ4n) is 4.79. The Balaban J connectivity index is 1.52. The van der Waals surface area contributed by atoms with Gasteiger partial charge in [-0.25, -0.2) is 0 Å². The second-order valence-electron chi connectivity index (χ2n) is 6.34. The van der Waals surface area contributed by atoms with Gasteiger partial charge in [0.05, 0.1) is 0 Å². The van der Waals surface area contributed by atoms with Crippen molar-refractivity contribution in [3.63, 3.8) is 0 Å². The summed E-state index contributed by atoms with van der Waals surface area (Å²) < 4.78 is 2.39. The van der Waals surface area contributed by atoms with Crippen molar-refractivity contribution in [2.75, 3.05) is 0 Å². The Morgan fingerprint density at radius 3 is 2.50 bits per heavy atom. The molecule has 0 radical (unpaired) electrons. The van der Waals surface area contributed by atoms with Crippen molar-refractivity contribution in [1.29, 1.82) is 0 Å². The number of nitrogens with zero attached hydrogens (tertiary/aromatic N) is 3. The highest BCUT2D eigenvalue weighted by Crippen LogP contribution is 2.73. The SMILES string of the molecule is c1nnc(C2C3C4CCC(C4)C23)n1C1CC1. The van der Waals surface area contributed by atoms with Crippen molar-refractivity contribution >= 4 is 0 Å². The van der Waals surface area contributed by atoms with Crippen molar-refractivity contribution in [3.05, 3.63) is 12.2 Å². The highest BCUT2D eigenvalue weighted by molar-refractivity contribution is 5.24. The minimum Gasteiger partial charge on any atom is -0.314 e. The van der Waals surface area contributed by atoms with Gasteiger partial charge in [0.1, 0.15) is 12.2 Å². The van der Waals surface area contributed by atoms with E-state index < -0.39 is 0 Å². The molecule has 1 aromatic rings. The van der Waals surface area contributed by atoms with E-state index in [-0.39, 0.29) is 0 Å². The Hall–Kier alpha value is -0.860. The molecular formula is C13H17N3. The summed E-state index contributed by atoms with van der Waals surface area (Å²) in [4.78, 5) is 0. The molecule has 5 rings (SSSR count). The van der Waals surface area contributed by atoms with Crippen LogP contribution in [0.1, 0.15) is 49.9 Å². The summed E-state index contributed by atoms with van der Waals surface area (Å²) in [6, 6.07) is 0.754. The fourth-order valence-corrected chi connectivity index (χ4v) is 4.79. The molecule has 0 aliphatic heterocycles. The third kappa shape index (κ3) is 0.871. The van der Waals surface area contributed by atoms with E-state index in [9.17, 15) is 0 Å². The molecule has 0 spiro atoms. The highest BCUT2D eigenvalue weighted by atomic mass is 15.3. The maximum atomic E-state index is 4.43. The average Bonchev–Trinajstić information content (AvgIpc) is 3.16. The molecule has 4 atom stereocenters. The zero-order chi connectivity index (χ0) is 10.3. The maximum absolute atomic E-state index is 4.43. The quantitative estimate of drug-likeness (QED) is 0.758. The molecule has 0 saturated heterocycles. The van der Waals surface area contributed by atoms with Gasteiger partial charge in [0, 0.05) is 12.0 Å². The second kappa shape index (κ2) is 2.52. The van der Waals surface area contributed by atoms with Crippen molar-refractivity contribution in [2.24, 2.45) is 23.7 Å². The molecule has 1 aromatic heterocycles. The molecule has 1 heterocycles. The van der Waals surface area contributed by atoms with Crippen LogP contribution in [0.4, 0.5) is 0 Å². The van der Waals surface area contributed by atoms with E-state index in [1.165, 1.54) is 37.9 Å². The summed E-state index contributed by atoms with van der Waals surface area (Å²) in [6.45, 7) is 0. The van der Waals surface area contributed by atoms with Crippen molar-refractivity contribution in [3.8, 4) is 0 Å². The van der Waals surface area contributed by atoms with E-state index >= 15 is 0 Å². The van der Waals surface area contributed by atoms with Crippen LogP contribution in [0.3, 0.4) is 0 Å². The molecule has 3 nitrogen and oxygen atoms in total. The summed E-state index contributed by atoms with van der Waals surface area (Å²) >= 11 is 0. The number of hydrogen-bond acceptors (Lipinski definition) is 2. The minimum atomic E-state index is 0.754. The Morgan fingerprint density at radius 1 is 1.06 bits per heavy atom. The maximum Gasteiger partial charge on any atom is 0.136 e. The van der Waals surface area contributed by atoms with Crippen molar-refractivity contribution < 1.29 is 0 Å². The van der Waals surface area contributed by atoms with E-state index in [2.05, 4.69) is 14.8 Å². The lowest BCUT2D eigenvalue weighted by molar-refractivity contribution is 0.456. The first-order valence-corrected chi connectivity index (χ1v) is 6.83. The summed E-state index contributed by atoms with van der Waals surface area (Å²) in [6.07, 6.45) is 9.20. The molecule has 0 aromatic carbocycles. The van der Waals surface area contributed by atoms with Crippen LogP contribution in [0.5, 0.6) is 0 Å². The number of hydrogen-bond donors (Lipinski definition) is 0. The lowest BCUT2D eigenvalue weighted by atomic mass is 10.0. The predicted octanol–water partition coefficient (Wildman–Crippen LogP) is 2.37. The molecule has 4 aliphatic carbocycles. The third-order valence-corrected chi connectivity index (χ3v) is 5.57. The van der Waals surface area contributed by atoms with Crippen LogP contribution in [0.15, 0.2) is 6.33 Å². The molecule has 0 N–H and O–H groups in total. The van der Waals surface area contributed by atoms with Gasteiger partial charge in [-0.1, -0.05) is 0 Å². The van der Waals surface area contributed by atoms with Crippen LogP contribution < -0.4 is 0 Å². The predicted molar refractivity (Wildman–Crippen MR) is 58.8 cm³/mol. The van der Waals surface area contributed by atoms with E-state index in [0.717, 1.165) is 35.6 Å². The van der Waals surface area contributed by atoms with Gasteiger partial charge in [-0.05, 0) is 55.8 Å². The first-order valence-electron chi connectivity index (χ1n) is 6.83. The standard InChI is InChI=1S/C13H17N3/c1-2-8-5-7(1)10-11(8)12(10)13-15-14-6-16(13)9-3-4-9/h6-12H,1-5H2. The molecule has 4 saturated carbocycles. The summed E-state index contributed by atoms with van der Waals surface area (Å²) in [5.41, 5.74) is 0. The Bertz CT molecular complexity index is 432. The van der Waals surface area contributed by atoms with Crippen LogP contribution in [-0.2, 0) is 0 Å². The molecule has 3 heteroatoms. The van der Waals surface area contributed by atoms with Crippen molar-refractivity contribution in [2.45, 2.75) is 44.1 Å².